The third kappa shape index (κ3) is 7.46. The van der Waals surface area contributed by atoms with Gasteiger partial charge in [0, 0.05) is 12.8 Å². The Kier molecular flexibility index (Phi) is 10.0. The van der Waals surface area contributed by atoms with Crippen molar-refractivity contribution in [2.75, 3.05) is 18.9 Å². The fourth-order valence-electron chi connectivity index (χ4n) is 4.39. The van der Waals surface area contributed by atoms with Crippen LogP contribution in [-0.4, -0.2) is 89.4 Å². The number of nitrogens with zero attached hydrogens (tertiary/aromatic N) is 3. The van der Waals surface area contributed by atoms with E-state index in [1.165, 1.54) is 6.33 Å². The first-order valence-corrected chi connectivity index (χ1v) is 15.5. The summed E-state index contributed by atoms with van der Waals surface area (Å²) in [6.07, 6.45) is -0.109. The van der Waals surface area contributed by atoms with E-state index in [0.29, 0.717) is 34.2 Å². The average Bonchev–Trinajstić information content (AvgIpc) is 3.57. The van der Waals surface area contributed by atoms with E-state index in [2.05, 4.69) is 20.3 Å². The smallest absolute Gasteiger partial charge is 0.324 e. The van der Waals surface area contributed by atoms with E-state index in [9.17, 15) is 19.9 Å². The van der Waals surface area contributed by atoms with Gasteiger partial charge >= 0.3 is 12.7 Å². The zero-order valence-electron chi connectivity index (χ0n) is 21.2. The first-order chi connectivity index (χ1) is 18.9. The van der Waals surface area contributed by atoms with Gasteiger partial charge in [-0.15, -0.1) is 0 Å². The highest BCUT2D eigenvalue weighted by atomic mass is 32.5. The molecule has 2 amide bonds. The highest BCUT2D eigenvalue weighted by Crippen LogP contribution is 2.48. The fourth-order valence-corrected chi connectivity index (χ4v) is 6.30. The van der Waals surface area contributed by atoms with Crippen LogP contribution in [0.1, 0.15) is 32.4 Å². The molecule has 0 saturated carbocycles. The van der Waals surface area contributed by atoms with Gasteiger partial charge in [-0.1, -0.05) is 30.5 Å². The summed E-state index contributed by atoms with van der Waals surface area (Å²) >= 11 is 15.5. The van der Waals surface area contributed by atoms with Crippen LogP contribution in [0.15, 0.2) is 18.0 Å². The van der Waals surface area contributed by atoms with Crippen molar-refractivity contribution in [2.24, 2.45) is 5.73 Å². The number of fused-ring (bicyclic) bond motifs is 1. The fraction of sp³-hybridized carbons (Fsp3) is 0.571. The molecule has 2 aliphatic heterocycles. The van der Waals surface area contributed by atoms with Crippen LogP contribution in [0, 0.1) is 4.64 Å². The summed E-state index contributed by atoms with van der Waals surface area (Å²) < 4.78 is 24.9. The Morgan fingerprint density at radius 2 is 2.15 bits per heavy atom. The number of anilines is 1. The largest absolute Gasteiger partial charge is 0.394 e. The maximum absolute atomic E-state index is 11.0. The lowest BCUT2D eigenvalue weighted by atomic mass is 10.1. The molecule has 220 valence electrons. The van der Waals surface area contributed by atoms with E-state index >= 15 is 0 Å². The van der Waals surface area contributed by atoms with Crippen molar-refractivity contribution in [1.29, 1.82) is 0 Å². The lowest BCUT2D eigenvalue weighted by Gasteiger charge is -2.24. The van der Waals surface area contributed by atoms with Crippen molar-refractivity contribution in [3.05, 3.63) is 22.6 Å². The average molecular weight is 636 g/mol. The maximum atomic E-state index is 11.0. The van der Waals surface area contributed by atoms with E-state index < -0.39 is 43.4 Å². The number of ether oxygens (including phenoxy) is 2. The van der Waals surface area contributed by atoms with Crippen LogP contribution in [0.3, 0.4) is 0 Å². The van der Waals surface area contributed by atoms with Gasteiger partial charge in [0.05, 0.1) is 37.9 Å². The first kappa shape index (κ1) is 31.0. The topological polar surface area (TPSA) is 225 Å². The quantitative estimate of drug-likeness (QED) is 0.109. The second kappa shape index (κ2) is 12.9. The number of nitrogen functional groups attached to an aromatic ring is 1. The zero-order chi connectivity index (χ0) is 29.2. The van der Waals surface area contributed by atoms with Crippen LogP contribution in [0.25, 0.3) is 11.2 Å². The molecule has 4 rings (SSSR count). The standard InChI is InChI=1S/C21H30N7O8PS3/c1-9(18(38)27-21(23)31)2-3-10-4-12(13(6-29)34-10)36-37(32,40)33-7-14-11(30)5-15(35-14)28-8-24-16-17(28)25-20(22)26-19(16)39/h2,8,10-15,29-30H,3-7H2,1H3,(H,32,40)(H3,22,25,26,39)(H3,23,27,31,38)/b9-2-/t10-,11?,12+,13?,14?,15+,37?/m0/s1. The van der Waals surface area contributed by atoms with Crippen LogP contribution in [0.5, 0.6) is 0 Å². The van der Waals surface area contributed by atoms with Crippen molar-refractivity contribution < 1.29 is 38.4 Å². The Morgan fingerprint density at radius 3 is 2.85 bits per heavy atom. The van der Waals surface area contributed by atoms with Gasteiger partial charge in [-0.2, -0.15) is 4.98 Å². The number of nitrogens with one attached hydrogen (secondary N) is 2. The monoisotopic (exact) mass is 635 g/mol. The Balaban J connectivity index is 1.32. The molecular weight excluding hydrogens is 605 g/mol. The van der Waals surface area contributed by atoms with Crippen LogP contribution >= 0.6 is 31.2 Å². The normalized spacial score (nSPS) is 28.6. The SMILES string of the molecule is C/C(=C/C[C@H]1C[C@@H](OP(O)(=S)OCC2O[C@@H](n3cnc4c(=S)[nH]c(N)nc43)CC2O)C(CO)O1)C(=S)NC(N)=O. The number of amides is 2. The molecule has 0 spiro atoms. The predicted molar refractivity (Wildman–Crippen MR) is 153 cm³/mol. The molecule has 2 aromatic heterocycles. The molecule has 2 fully saturated rings. The molecule has 7 atom stereocenters. The number of hydrogen-bond acceptors (Lipinski definition) is 13. The molecule has 19 heteroatoms. The summed E-state index contributed by atoms with van der Waals surface area (Å²) in [7, 11) is 0. The molecule has 2 saturated heterocycles. The lowest BCUT2D eigenvalue weighted by Crippen LogP contribution is -2.34. The number of carbonyl (C=O) groups excluding carboxylic acids is 1. The minimum atomic E-state index is -3.81. The van der Waals surface area contributed by atoms with Gasteiger partial charge in [0.2, 0.25) is 5.95 Å². The molecule has 4 heterocycles. The molecule has 2 aromatic rings. The third-order valence-electron chi connectivity index (χ3n) is 6.37. The summed E-state index contributed by atoms with van der Waals surface area (Å²) in [5.74, 6) is 0.116. The van der Waals surface area contributed by atoms with E-state index in [1.54, 1.807) is 17.6 Å². The summed E-state index contributed by atoms with van der Waals surface area (Å²) in [6, 6.07) is -0.759. The number of aromatic amines is 1. The predicted octanol–water partition coefficient (Wildman–Crippen LogP) is 0.820. The third-order valence-corrected chi connectivity index (χ3v) is 8.68. The molecule has 4 unspecified atom stereocenters. The molecule has 0 aliphatic carbocycles. The van der Waals surface area contributed by atoms with Gasteiger partial charge in [0.25, 0.3) is 0 Å². The summed E-state index contributed by atoms with van der Waals surface area (Å²) in [5, 5.41) is 22.7. The molecule has 0 aromatic carbocycles. The molecule has 0 radical (unpaired) electrons. The number of primary amides is 1. The number of rotatable bonds is 10. The van der Waals surface area contributed by atoms with Crippen LogP contribution in [0.4, 0.5) is 10.7 Å². The number of aliphatic hydroxyl groups is 2. The minimum Gasteiger partial charge on any atom is -0.394 e. The highest BCUT2D eigenvalue weighted by Gasteiger charge is 2.40. The van der Waals surface area contributed by atoms with Crippen molar-refractivity contribution >= 4 is 71.1 Å². The number of aromatic nitrogens is 4. The zero-order valence-corrected chi connectivity index (χ0v) is 24.5. The number of hydrogen-bond donors (Lipinski definition) is 7. The Bertz CT molecular complexity index is 1400. The summed E-state index contributed by atoms with van der Waals surface area (Å²) in [4.78, 5) is 33.1. The van der Waals surface area contributed by atoms with E-state index in [-0.39, 0.29) is 36.7 Å². The Labute approximate surface area is 244 Å². The van der Waals surface area contributed by atoms with E-state index in [0.717, 1.165) is 0 Å². The van der Waals surface area contributed by atoms with Crippen molar-refractivity contribution in [3.63, 3.8) is 0 Å². The summed E-state index contributed by atoms with van der Waals surface area (Å²) in [6.45, 7) is -2.71. The summed E-state index contributed by atoms with van der Waals surface area (Å²) in [5.41, 5.74) is 12.3. The van der Waals surface area contributed by atoms with Gasteiger partial charge in [-0.3, -0.25) is 9.88 Å². The minimum absolute atomic E-state index is 0.116. The van der Waals surface area contributed by atoms with Crippen LogP contribution in [0.2, 0.25) is 0 Å². The van der Waals surface area contributed by atoms with Gasteiger partial charge in [-0.25, -0.2) is 9.78 Å². The van der Waals surface area contributed by atoms with Crippen molar-refractivity contribution in [3.8, 4) is 0 Å². The number of urea groups is 1. The molecule has 9 N–H and O–H groups in total. The van der Waals surface area contributed by atoms with Gasteiger partial charge in [0.15, 0.2) is 5.65 Å². The second-order valence-electron chi connectivity index (χ2n) is 9.27. The Hall–Kier alpha value is -1.96. The van der Waals surface area contributed by atoms with Crippen LogP contribution in [-0.2, 0) is 30.3 Å². The number of thiocarbonyl (C=S) groups is 1. The van der Waals surface area contributed by atoms with Crippen molar-refractivity contribution in [2.45, 2.75) is 62.9 Å². The molecule has 40 heavy (non-hydrogen) atoms. The van der Waals surface area contributed by atoms with Gasteiger partial charge in [-0.05, 0) is 30.7 Å². The number of aliphatic hydroxyl groups excluding tert-OH is 2. The Morgan fingerprint density at radius 1 is 1.40 bits per heavy atom. The highest BCUT2D eigenvalue weighted by molar-refractivity contribution is 8.07. The van der Waals surface area contributed by atoms with Crippen LogP contribution < -0.4 is 16.8 Å². The molecule has 15 nitrogen and oxygen atoms in total. The van der Waals surface area contributed by atoms with E-state index in [4.69, 9.17) is 66.2 Å². The molecule has 2 aliphatic rings. The number of imidazole rings is 1. The van der Waals surface area contributed by atoms with Gasteiger partial charge in [0.1, 0.15) is 33.6 Å². The molecular formula is C21H30N7O8PS3. The maximum Gasteiger partial charge on any atom is 0.324 e. The second-order valence-corrected chi connectivity index (χ2v) is 12.9. The number of carbonyl (C=O) groups is 1. The number of nitrogens with two attached hydrogens (primary N) is 2. The molecule has 0 bridgehead atoms. The first-order valence-electron chi connectivity index (χ1n) is 12.1. The van der Waals surface area contributed by atoms with Crippen molar-refractivity contribution in [1.82, 2.24) is 24.8 Å². The van der Waals surface area contributed by atoms with Gasteiger partial charge < -0.3 is 50.1 Å². The van der Waals surface area contributed by atoms with E-state index in [1.807, 2.05) is 0 Å². The lowest BCUT2D eigenvalue weighted by molar-refractivity contribution is -0.0459. The number of H-pyrrole nitrogens is 1.